The van der Waals surface area contributed by atoms with E-state index in [0.717, 1.165) is 12.0 Å². The number of hydrogen-bond acceptors (Lipinski definition) is 5. The molecule has 7 heteroatoms. The molecule has 158 valence electrons. The van der Waals surface area contributed by atoms with E-state index in [-0.39, 0.29) is 35.9 Å². The molecule has 0 aromatic heterocycles. The van der Waals surface area contributed by atoms with E-state index in [2.05, 4.69) is 17.6 Å². The third kappa shape index (κ3) is 3.61. The van der Waals surface area contributed by atoms with Crippen LogP contribution in [0.3, 0.4) is 0 Å². The quantitative estimate of drug-likeness (QED) is 0.678. The molecule has 0 saturated heterocycles. The lowest BCUT2D eigenvalue weighted by molar-refractivity contribution is 0.0947. The summed E-state index contributed by atoms with van der Waals surface area (Å²) < 4.78 is 11.4. The number of ether oxygens (including phenoxy) is 2. The molecular weight excluding hydrogens is 384 g/mol. The molecule has 3 N–H and O–H groups in total. The van der Waals surface area contributed by atoms with Crippen molar-refractivity contribution in [3.8, 4) is 11.5 Å². The number of benzene rings is 2. The second-order valence-corrected chi connectivity index (χ2v) is 7.91. The van der Waals surface area contributed by atoms with E-state index in [1.807, 2.05) is 24.3 Å². The maximum atomic E-state index is 12.8. The predicted molar refractivity (Wildman–Crippen MR) is 111 cm³/mol. The van der Waals surface area contributed by atoms with Crippen LogP contribution in [0.1, 0.15) is 51.1 Å². The number of methoxy groups -OCH3 is 1. The minimum absolute atomic E-state index is 0.171. The first-order valence-electron chi connectivity index (χ1n) is 10.1. The third-order valence-corrected chi connectivity index (χ3v) is 5.89. The topological polar surface area (TPSA) is 96.9 Å². The Morgan fingerprint density at radius 2 is 2.00 bits per heavy atom. The second-order valence-electron chi connectivity index (χ2n) is 7.91. The molecule has 7 nitrogen and oxygen atoms in total. The molecule has 0 spiro atoms. The van der Waals surface area contributed by atoms with Gasteiger partial charge in [-0.05, 0) is 42.2 Å². The predicted octanol–water partition coefficient (Wildman–Crippen LogP) is 2.08. The van der Waals surface area contributed by atoms with Gasteiger partial charge >= 0.3 is 0 Å². The molecule has 2 aromatic carbocycles. The lowest BCUT2D eigenvalue weighted by Crippen LogP contribution is -2.27. The molecule has 4 rings (SSSR count). The van der Waals surface area contributed by atoms with Crippen molar-refractivity contribution in [2.24, 2.45) is 5.92 Å². The number of rotatable bonds is 6. The summed E-state index contributed by atoms with van der Waals surface area (Å²) in [6.07, 6.45) is 0.387. The number of carbonyl (C=O) groups excluding carboxylic acids is 2. The smallest absolute Gasteiger partial charge is 0.254 e. The maximum Gasteiger partial charge on any atom is 0.254 e. The van der Waals surface area contributed by atoms with Crippen molar-refractivity contribution in [2.75, 3.05) is 20.8 Å². The normalized spacial score (nSPS) is 23.9. The van der Waals surface area contributed by atoms with E-state index in [0.29, 0.717) is 28.5 Å². The van der Waals surface area contributed by atoms with Crippen molar-refractivity contribution in [3.63, 3.8) is 0 Å². The van der Waals surface area contributed by atoms with E-state index in [4.69, 9.17) is 9.47 Å². The first-order valence-corrected chi connectivity index (χ1v) is 10.1. The van der Waals surface area contributed by atoms with Crippen molar-refractivity contribution in [1.29, 1.82) is 0 Å². The van der Waals surface area contributed by atoms with Gasteiger partial charge in [-0.1, -0.05) is 19.1 Å². The molecule has 1 aliphatic heterocycles. The minimum Gasteiger partial charge on any atom is -0.497 e. The SMILES string of the molecule is CNC(=O)c1cc(C(=O)N[C@H]2C[C@@H]2C)cc2c1OC(CO)[C@H]2c1cccc(OC)c1. The molecule has 30 heavy (non-hydrogen) atoms. The minimum atomic E-state index is -0.572. The van der Waals surface area contributed by atoms with Crippen LogP contribution in [0.25, 0.3) is 0 Å². The summed E-state index contributed by atoms with van der Waals surface area (Å²) in [5, 5.41) is 15.6. The third-order valence-electron chi connectivity index (χ3n) is 5.89. The molecule has 0 radical (unpaired) electrons. The van der Waals surface area contributed by atoms with Gasteiger partial charge in [-0.3, -0.25) is 9.59 Å². The summed E-state index contributed by atoms with van der Waals surface area (Å²) in [5.74, 6) is 0.653. The number of hydrogen-bond donors (Lipinski definition) is 3. The molecule has 4 atom stereocenters. The van der Waals surface area contributed by atoms with E-state index < -0.39 is 6.10 Å². The monoisotopic (exact) mass is 410 g/mol. The van der Waals surface area contributed by atoms with Crippen LogP contribution in [0.15, 0.2) is 36.4 Å². The molecule has 0 bridgehead atoms. The van der Waals surface area contributed by atoms with Gasteiger partial charge in [0.25, 0.3) is 11.8 Å². The molecule has 1 unspecified atom stereocenters. The maximum absolute atomic E-state index is 12.8. The number of nitrogens with one attached hydrogen (secondary N) is 2. The molecule has 1 aliphatic carbocycles. The van der Waals surface area contributed by atoms with Crippen molar-refractivity contribution >= 4 is 11.8 Å². The zero-order valence-electron chi connectivity index (χ0n) is 17.3. The van der Waals surface area contributed by atoms with Crippen molar-refractivity contribution in [2.45, 2.75) is 31.4 Å². The zero-order chi connectivity index (χ0) is 21.4. The van der Waals surface area contributed by atoms with E-state index >= 15 is 0 Å². The summed E-state index contributed by atoms with van der Waals surface area (Å²) in [6, 6.07) is 11.0. The average Bonchev–Trinajstić information content (AvgIpc) is 3.32. The molecular formula is C23H26N2O5. The van der Waals surface area contributed by atoms with E-state index in [9.17, 15) is 14.7 Å². The summed E-state index contributed by atoms with van der Waals surface area (Å²) in [7, 11) is 3.12. The Morgan fingerprint density at radius 1 is 1.23 bits per heavy atom. The van der Waals surface area contributed by atoms with Gasteiger partial charge in [0, 0.05) is 24.2 Å². The number of aliphatic hydroxyl groups excluding tert-OH is 1. The van der Waals surface area contributed by atoms with Crippen LogP contribution in [-0.2, 0) is 0 Å². The molecule has 2 amide bonds. The number of fused-ring (bicyclic) bond motifs is 1. The Labute approximate surface area is 175 Å². The molecule has 2 aromatic rings. The van der Waals surface area contributed by atoms with Crippen LogP contribution in [-0.4, -0.2) is 49.8 Å². The summed E-state index contributed by atoms with van der Waals surface area (Å²) in [5.41, 5.74) is 2.27. The fourth-order valence-corrected chi connectivity index (χ4v) is 4.01. The second kappa shape index (κ2) is 7.99. The highest BCUT2D eigenvalue weighted by molar-refractivity contribution is 6.02. The van der Waals surface area contributed by atoms with E-state index in [1.165, 1.54) is 7.05 Å². The first kappa shape index (κ1) is 20.2. The van der Waals surface area contributed by atoms with Crippen LogP contribution < -0.4 is 20.1 Å². The van der Waals surface area contributed by atoms with Gasteiger partial charge < -0.3 is 25.2 Å². The zero-order valence-corrected chi connectivity index (χ0v) is 17.3. The molecule has 1 fully saturated rings. The highest BCUT2D eigenvalue weighted by atomic mass is 16.5. The van der Waals surface area contributed by atoms with Gasteiger partial charge in [-0.2, -0.15) is 0 Å². The fourth-order valence-electron chi connectivity index (χ4n) is 4.01. The summed E-state index contributed by atoms with van der Waals surface area (Å²) >= 11 is 0. The molecule has 1 heterocycles. The van der Waals surface area contributed by atoms with Crippen LogP contribution in [0.4, 0.5) is 0 Å². The molecule has 1 saturated carbocycles. The van der Waals surface area contributed by atoms with Crippen LogP contribution in [0, 0.1) is 5.92 Å². The van der Waals surface area contributed by atoms with Crippen molar-refractivity contribution in [1.82, 2.24) is 10.6 Å². The standard InChI is InChI=1S/C23H26N2O5/c1-12-7-18(12)25-22(27)14-9-16-20(13-5-4-6-15(8-13)29-3)19(11-26)30-21(16)17(10-14)23(28)24-2/h4-6,8-10,12,18-20,26H,7,11H2,1-3H3,(H,24,28)(H,25,27)/t12-,18-,19?,20-/m0/s1. The Kier molecular flexibility index (Phi) is 5.39. The Morgan fingerprint density at radius 3 is 2.63 bits per heavy atom. The van der Waals surface area contributed by atoms with Crippen LogP contribution in [0.5, 0.6) is 11.5 Å². The van der Waals surface area contributed by atoms with Gasteiger partial charge in [0.2, 0.25) is 0 Å². The number of amides is 2. The Hall–Kier alpha value is -3.06. The van der Waals surface area contributed by atoms with Crippen molar-refractivity contribution in [3.05, 3.63) is 58.7 Å². The Balaban J connectivity index is 1.81. The first-order chi connectivity index (χ1) is 14.5. The summed E-state index contributed by atoms with van der Waals surface area (Å²) in [6.45, 7) is 1.85. The highest BCUT2D eigenvalue weighted by Gasteiger charge is 2.39. The van der Waals surface area contributed by atoms with Crippen molar-refractivity contribution < 1.29 is 24.2 Å². The largest absolute Gasteiger partial charge is 0.497 e. The fraction of sp³-hybridized carbons (Fsp3) is 0.391. The van der Waals surface area contributed by atoms with E-state index in [1.54, 1.807) is 19.2 Å². The molecule has 2 aliphatic rings. The van der Waals surface area contributed by atoms with Gasteiger partial charge in [-0.25, -0.2) is 0 Å². The van der Waals surface area contributed by atoms with Gasteiger partial charge in [0.15, 0.2) is 0 Å². The average molecular weight is 410 g/mol. The lowest BCUT2D eigenvalue weighted by Gasteiger charge is -2.18. The lowest BCUT2D eigenvalue weighted by atomic mass is 9.86. The van der Waals surface area contributed by atoms with Crippen LogP contribution >= 0.6 is 0 Å². The Bertz CT molecular complexity index is 990. The number of aliphatic hydroxyl groups is 1. The number of carbonyl (C=O) groups is 2. The van der Waals surface area contributed by atoms with Gasteiger partial charge in [0.1, 0.15) is 17.6 Å². The van der Waals surface area contributed by atoms with Crippen LogP contribution in [0.2, 0.25) is 0 Å². The van der Waals surface area contributed by atoms with Gasteiger partial charge in [-0.15, -0.1) is 0 Å². The highest BCUT2D eigenvalue weighted by Crippen LogP contribution is 2.45. The summed E-state index contributed by atoms with van der Waals surface area (Å²) in [4.78, 5) is 25.4. The van der Waals surface area contributed by atoms with Gasteiger partial charge in [0.05, 0.1) is 25.2 Å².